The number of carbonyl (C=O) groups is 3. The maximum Gasteiger partial charge on any atom is 0.287 e. The molecule has 1 aliphatic heterocycles. The largest absolute Gasteiger partial charge is 0.347 e. The van der Waals surface area contributed by atoms with Crippen LogP contribution in [0.1, 0.15) is 90.8 Å². The fourth-order valence-electron chi connectivity index (χ4n) is 5.75. The fourth-order valence-corrected chi connectivity index (χ4v) is 5.75. The second-order valence-electron chi connectivity index (χ2n) is 10.6. The number of hydrogen-bond acceptors (Lipinski definition) is 4. The van der Waals surface area contributed by atoms with Crippen LogP contribution in [0.3, 0.4) is 0 Å². The van der Waals surface area contributed by atoms with E-state index in [1.54, 1.807) is 23.9 Å². The Morgan fingerprint density at radius 2 is 1.89 bits per heavy atom. The Hall–Kier alpha value is -3.42. The van der Waals surface area contributed by atoms with Crippen LogP contribution in [0.2, 0.25) is 0 Å². The van der Waals surface area contributed by atoms with Gasteiger partial charge in [0.2, 0.25) is 5.82 Å². The number of ketones is 1. The van der Waals surface area contributed by atoms with Crippen molar-refractivity contribution in [2.45, 2.75) is 70.9 Å². The predicted molar refractivity (Wildman–Crippen MR) is 135 cm³/mol. The van der Waals surface area contributed by atoms with E-state index >= 15 is 0 Å². The van der Waals surface area contributed by atoms with Crippen LogP contribution in [0.4, 0.5) is 5.82 Å². The van der Waals surface area contributed by atoms with Gasteiger partial charge in [-0.2, -0.15) is 0 Å². The van der Waals surface area contributed by atoms with Gasteiger partial charge in [0, 0.05) is 47.2 Å². The van der Waals surface area contributed by atoms with Crippen LogP contribution in [0.25, 0.3) is 10.9 Å². The number of aromatic nitrogens is 3. The average Bonchev–Trinajstić information content (AvgIpc) is 3.54. The van der Waals surface area contributed by atoms with Gasteiger partial charge in [0.05, 0.1) is 5.69 Å². The van der Waals surface area contributed by atoms with E-state index in [-0.39, 0.29) is 40.9 Å². The molecule has 2 aromatic heterocycles. The minimum absolute atomic E-state index is 0.0220. The van der Waals surface area contributed by atoms with Crippen LogP contribution in [0.15, 0.2) is 30.5 Å². The molecule has 0 saturated heterocycles. The molecule has 1 unspecified atom stereocenters. The third kappa shape index (κ3) is 4.15. The van der Waals surface area contributed by atoms with Crippen molar-refractivity contribution in [1.82, 2.24) is 19.4 Å². The molecular formula is C27H33N5O3. The van der Waals surface area contributed by atoms with Crippen LogP contribution in [0, 0.1) is 5.92 Å². The highest BCUT2D eigenvalue weighted by molar-refractivity contribution is 6.08. The van der Waals surface area contributed by atoms with Crippen molar-refractivity contribution in [2.75, 3.05) is 5.32 Å². The zero-order valence-electron chi connectivity index (χ0n) is 20.9. The molecule has 1 aliphatic carbocycles. The molecule has 184 valence electrons. The lowest BCUT2D eigenvalue weighted by Crippen LogP contribution is -2.39. The fraction of sp³-hybridized carbons (Fsp3) is 0.481. The van der Waals surface area contributed by atoms with Gasteiger partial charge in [-0.3, -0.25) is 14.4 Å². The Balaban J connectivity index is 1.39. The number of fused-ring (bicyclic) bond motifs is 3. The van der Waals surface area contributed by atoms with Gasteiger partial charge in [0.1, 0.15) is 0 Å². The molecule has 2 N–H and O–H groups in total. The first-order valence-electron chi connectivity index (χ1n) is 12.5. The minimum atomic E-state index is -0.310. The van der Waals surface area contributed by atoms with E-state index in [0.717, 1.165) is 49.4 Å². The zero-order chi connectivity index (χ0) is 24.9. The monoisotopic (exact) mass is 475 g/mol. The molecule has 0 bridgehead atoms. The highest BCUT2D eigenvalue weighted by Crippen LogP contribution is 2.39. The van der Waals surface area contributed by atoms with Crippen LogP contribution in [-0.2, 0) is 12.6 Å². The number of hydrogen-bond donors (Lipinski definition) is 2. The summed E-state index contributed by atoms with van der Waals surface area (Å²) in [5, 5.41) is 6.80. The Bertz CT molecular complexity index is 1330. The first-order chi connectivity index (χ1) is 16.7. The lowest BCUT2D eigenvalue weighted by atomic mass is 9.81. The second-order valence-corrected chi connectivity index (χ2v) is 10.6. The summed E-state index contributed by atoms with van der Waals surface area (Å²) in [5.41, 5.74) is 1.83. The SMILES string of the molecule is CCC1CC(C)(C)n2c(cc3ccc(C(=O)Nc4cn(C)c(C(=O)NC5CCCC5)n4)cc32)C1=O. The first-order valence-corrected chi connectivity index (χ1v) is 12.5. The molecule has 3 heterocycles. The summed E-state index contributed by atoms with van der Waals surface area (Å²) in [6.45, 7) is 6.34. The molecule has 0 radical (unpaired) electrons. The quantitative estimate of drug-likeness (QED) is 0.561. The van der Waals surface area contributed by atoms with Gasteiger partial charge >= 0.3 is 0 Å². The molecule has 1 atom stereocenters. The average molecular weight is 476 g/mol. The van der Waals surface area contributed by atoms with Gasteiger partial charge in [-0.15, -0.1) is 0 Å². The topological polar surface area (TPSA) is 98.0 Å². The third-order valence-electron chi connectivity index (χ3n) is 7.55. The van der Waals surface area contributed by atoms with Crippen LogP contribution in [0.5, 0.6) is 0 Å². The van der Waals surface area contributed by atoms with Crippen LogP contribution in [-0.4, -0.2) is 37.8 Å². The van der Waals surface area contributed by atoms with Crippen molar-refractivity contribution in [2.24, 2.45) is 13.0 Å². The molecule has 1 saturated carbocycles. The number of carbonyl (C=O) groups excluding carboxylic acids is 3. The van der Waals surface area contributed by atoms with Gasteiger partial charge in [-0.25, -0.2) is 4.98 Å². The van der Waals surface area contributed by atoms with Crippen molar-refractivity contribution < 1.29 is 14.4 Å². The summed E-state index contributed by atoms with van der Waals surface area (Å²) in [6.07, 6.45) is 7.49. The standard InChI is InChI=1S/C27H33N5O3/c1-5-16-14-27(2,3)32-20-13-18(11-10-17(20)12-21(32)23(16)33)25(34)30-22-15-31(4)24(29-22)26(35)28-19-8-6-7-9-19/h10-13,15-16,19H,5-9,14H2,1-4H3,(H,28,35)(H,30,34). The predicted octanol–water partition coefficient (Wildman–Crippen LogP) is 4.65. The highest BCUT2D eigenvalue weighted by Gasteiger charge is 2.38. The van der Waals surface area contributed by atoms with Crippen molar-refractivity contribution in [1.29, 1.82) is 0 Å². The summed E-state index contributed by atoms with van der Waals surface area (Å²) >= 11 is 0. The number of nitrogens with one attached hydrogen (secondary N) is 2. The Morgan fingerprint density at radius 3 is 2.60 bits per heavy atom. The van der Waals surface area contributed by atoms with Crippen molar-refractivity contribution in [3.63, 3.8) is 0 Å². The molecule has 2 amide bonds. The van der Waals surface area contributed by atoms with Gasteiger partial charge in [-0.05, 0) is 57.7 Å². The minimum Gasteiger partial charge on any atom is -0.347 e. The van der Waals surface area contributed by atoms with Crippen LogP contribution < -0.4 is 10.6 Å². The smallest absolute Gasteiger partial charge is 0.287 e. The molecule has 1 aromatic carbocycles. The molecule has 8 heteroatoms. The number of imidazole rings is 1. The number of aryl methyl sites for hydroxylation is 1. The summed E-state index contributed by atoms with van der Waals surface area (Å²) in [6, 6.07) is 7.62. The number of rotatable bonds is 5. The van der Waals surface area contributed by atoms with Crippen LogP contribution >= 0.6 is 0 Å². The second kappa shape index (κ2) is 8.66. The molecular weight excluding hydrogens is 442 g/mol. The summed E-state index contributed by atoms with van der Waals surface area (Å²) < 4.78 is 3.71. The molecule has 35 heavy (non-hydrogen) atoms. The molecule has 3 aromatic rings. The van der Waals surface area contributed by atoms with E-state index in [1.165, 1.54) is 0 Å². The number of benzene rings is 1. The van der Waals surface area contributed by atoms with Crippen molar-refractivity contribution in [3.8, 4) is 0 Å². The van der Waals surface area contributed by atoms with E-state index in [4.69, 9.17) is 0 Å². The Kier molecular flexibility index (Phi) is 5.77. The molecule has 8 nitrogen and oxygen atoms in total. The van der Waals surface area contributed by atoms with Gasteiger partial charge < -0.3 is 19.8 Å². The number of Topliss-reactive ketones (excluding diaryl/α,β-unsaturated/α-hetero) is 1. The lowest BCUT2D eigenvalue weighted by molar-refractivity contribution is 0.0811. The first kappa shape index (κ1) is 23.3. The Labute approximate surface area is 205 Å². The van der Waals surface area contributed by atoms with E-state index < -0.39 is 0 Å². The maximum atomic E-state index is 13.1. The highest BCUT2D eigenvalue weighted by atomic mass is 16.2. The van der Waals surface area contributed by atoms with Crippen molar-refractivity contribution in [3.05, 3.63) is 47.5 Å². The number of anilines is 1. The van der Waals surface area contributed by atoms with E-state index in [2.05, 4.69) is 41.0 Å². The van der Waals surface area contributed by atoms with Gasteiger partial charge in [0.15, 0.2) is 11.6 Å². The number of nitrogens with zero attached hydrogens (tertiary/aromatic N) is 3. The molecule has 1 fully saturated rings. The Morgan fingerprint density at radius 1 is 1.14 bits per heavy atom. The van der Waals surface area contributed by atoms with Gasteiger partial charge in [0.25, 0.3) is 11.8 Å². The molecule has 5 rings (SSSR count). The normalized spacial score (nSPS) is 19.7. The maximum absolute atomic E-state index is 13.1. The summed E-state index contributed by atoms with van der Waals surface area (Å²) in [4.78, 5) is 43.1. The summed E-state index contributed by atoms with van der Waals surface area (Å²) in [5.74, 6) is 0.259. The van der Waals surface area contributed by atoms with Gasteiger partial charge in [-0.1, -0.05) is 25.8 Å². The van der Waals surface area contributed by atoms with E-state index in [9.17, 15) is 14.4 Å². The molecule has 0 spiro atoms. The van der Waals surface area contributed by atoms with E-state index in [0.29, 0.717) is 17.1 Å². The third-order valence-corrected chi connectivity index (χ3v) is 7.55. The summed E-state index contributed by atoms with van der Waals surface area (Å²) in [7, 11) is 1.74. The van der Waals surface area contributed by atoms with E-state index in [1.807, 2.05) is 18.2 Å². The molecule has 2 aliphatic rings. The number of amides is 2. The lowest BCUT2D eigenvalue weighted by Gasteiger charge is -2.37. The zero-order valence-corrected chi connectivity index (χ0v) is 20.9. The van der Waals surface area contributed by atoms with Crippen molar-refractivity contribution >= 4 is 34.3 Å².